The summed E-state index contributed by atoms with van der Waals surface area (Å²) in [5.41, 5.74) is 1.56. The van der Waals surface area contributed by atoms with E-state index in [1.54, 1.807) is 12.1 Å². The predicted molar refractivity (Wildman–Crippen MR) is 92.2 cm³/mol. The van der Waals surface area contributed by atoms with Gasteiger partial charge in [-0.1, -0.05) is 48.3 Å². The molecule has 121 valence electrons. The Morgan fingerprint density at radius 1 is 1.39 bits per heavy atom. The number of hydrogen-bond acceptors (Lipinski definition) is 3. The Morgan fingerprint density at radius 2 is 2.13 bits per heavy atom. The molecule has 1 N–H and O–H groups in total. The standard InChI is InChI=1S/C17H17Cl2N2O2/c1-3-12(10-23-13-8-15(18)16(19)20-9-13)21-17(22)14-7-5-4-6-11(14)2/h4-9,12H,1,3,10H2,2H3,(H,21,22). The largest absolute Gasteiger partial charge is 0.490 e. The number of nitrogens with zero attached hydrogens (tertiary/aromatic N) is 1. The highest BCUT2D eigenvalue weighted by Gasteiger charge is 2.14. The minimum atomic E-state index is -0.225. The van der Waals surface area contributed by atoms with Crippen molar-refractivity contribution in [1.82, 2.24) is 10.3 Å². The fourth-order valence-electron chi connectivity index (χ4n) is 1.97. The number of aromatic nitrogens is 1. The molecule has 0 aliphatic heterocycles. The van der Waals surface area contributed by atoms with Gasteiger partial charge in [0.25, 0.3) is 5.91 Å². The summed E-state index contributed by atoms with van der Waals surface area (Å²) in [5, 5.41) is 3.46. The first-order chi connectivity index (χ1) is 11.0. The summed E-state index contributed by atoms with van der Waals surface area (Å²) in [4.78, 5) is 16.2. The third kappa shape index (κ3) is 4.85. The Balaban J connectivity index is 1.96. The van der Waals surface area contributed by atoms with Gasteiger partial charge in [-0.05, 0) is 25.0 Å². The maximum atomic E-state index is 12.3. The van der Waals surface area contributed by atoms with Crippen molar-refractivity contribution >= 4 is 29.1 Å². The van der Waals surface area contributed by atoms with Crippen molar-refractivity contribution in [2.24, 2.45) is 0 Å². The topological polar surface area (TPSA) is 51.2 Å². The van der Waals surface area contributed by atoms with Gasteiger partial charge in [-0.15, -0.1) is 0 Å². The van der Waals surface area contributed by atoms with E-state index in [1.807, 2.05) is 25.1 Å². The van der Waals surface area contributed by atoms with Gasteiger partial charge in [0, 0.05) is 11.6 Å². The van der Waals surface area contributed by atoms with E-state index >= 15 is 0 Å². The quantitative estimate of drug-likeness (QED) is 0.797. The fourth-order valence-corrected chi connectivity index (χ4v) is 2.23. The molecule has 1 amide bonds. The lowest BCUT2D eigenvalue weighted by atomic mass is 10.1. The lowest BCUT2D eigenvalue weighted by Crippen LogP contribution is -2.39. The SMILES string of the molecule is [CH2]CC(COc1cnc(Cl)c(Cl)c1)NC(=O)c1ccccc1C. The number of rotatable bonds is 6. The number of benzene rings is 1. The van der Waals surface area contributed by atoms with Crippen LogP contribution in [0.2, 0.25) is 10.2 Å². The first-order valence-electron chi connectivity index (χ1n) is 7.11. The van der Waals surface area contributed by atoms with Gasteiger partial charge in [0.15, 0.2) is 0 Å². The molecule has 1 atom stereocenters. The number of hydrogen-bond donors (Lipinski definition) is 1. The zero-order chi connectivity index (χ0) is 16.8. The normalized spacial score (nSPS) is 11.8. The molecule has 1 unspecified atom stereocenters. The Kier molecular flexibility index (Phi) is 6.25. The molecule has 0 saturated carbocycles. The van der Waals surface area contributed by atoms with Crippen LogP contribution in [-0.4, -0.2) is 23.5 Å². The molecule has 1 radical (unpaired) electrons. The third-order valence-electron chi connectivity index (χ3n) is 3.30. The summed E-state index contributed by atoms with van der Waals surface area (Å²) < 4.78 is 5.60. The second-order valence-electron chi connectivity index (χ2n) is 5.03. The van der Waals surface area contributed by atoms with Crippen molar-refractivity contribution < 1.29 is 9.53 Å². The molecule has 6 heteroatoms. The first-order valence-corrected chi connectivity index (χ1v) is 7.86. The van der Waals surface area contributed by atoms with Crippen LogP contribution >= 0.6 is 23.2 Å². The molecule has 0 aliphatic carbocycles. The van der Waals surface area contributed by atoms with E-state index in [1.165, 1.54) is 6.20 Å². The summed E-state index contributed by atoms with van der Waals surface area (Å²) >= 11 is 11.6. The van der Waals surface area contributed by atoms with Gasteiger partial charge < -0.3 is 10.1 Å². The summed E-state index contributed by atoms with van der Waals surface area (Å²) in [6, 6.07) is 8.77. The summed E-state index contributed by atoms with van der Waals surface area (Å²) in [6.45, 7) is 6.00. The predicted octanol–water partition coefficient (Wildman–Crippen LogP) is 4.10. The minimum Gasteiger partial charge on any atom is -0.490 e. The highest BCUT2D eigenvalue weighted by atomic mass is 35.5. The average Bonchev–Trinajstić information content (AvgIpc) is 2.54. The second-order valence-corrected chi connectivity index (χ2v) is 5.79. The average molecular weight is 352 g/mol. The van der Waals surface area contributed by atoms with Crippen molar-refractivity contribution in [3.63, 3.8) is 0 Å². The van der Waals surface area contributed by atoms with E-state index in [2.05, 4.69) is 17.2 Å². The van der Waals surface area contributed by atoms with Crippen molar-refractivity contribution in [3.05, 3.63) is 64.8 Å². The van der Waals surface area contributed by atoms with E-state index in [0.717, 1.165) is 5.56 Å². The number of carbonyl (C=O) groups is 1. The smallest absolute Gasteiger partial charge is 0.251 e. The molecule has 0 aliphatic rings. The fraction of sp³-hybridized carbons (Fsp3) is 0.235. The lowest BCUT2D eigenvalue weighted by Gasteiger charge is -2.18. The number of nitrogens with one attached hydrogen (secondary N) is 1. The Morgan fingerprint density at radius 3 is 2.78 bits per heavy atom. The van der Waals surface area contributed by atoms with Crippen molar-refractivity contribution in [2.75, 3.05) is 6.61 Å². The van der Waals surface area contributed by atoms with Crippen LogP contribution in [0.5, 0.6) is 5.75 Å². The van der Waals surface area contributed by atoms with E-state index in [0.29, 0.717) is 22.8 Å². The van der Waals surface area contributed by atoms with E-state index < -0.39 is 0 Å². The molecule has 1 heterocycles. The summed E-state index contributed by atoms with van der Waals surface area (Å²) in [6.07, 6.45) is 1.98. The van der Waals surface area contributed by atoms with Crippen LogP contribution in [0.3, 0.4) is 0 Å². The molecule has 0 spiro atoms. The zero-order valence-corrected chi connectivity index (χ0v) is 14.2. The molecular weight excluding hydrogens is 335 g/mol. The third-order valence-corrected chi connectivity index (χ3v) is 3.98. The molecule has 1 aromatic carbocycles. The molecule has 1 aromatic heterocycles. The van der Waals surface area contributed by atoms with Crippen molar-refractivity contribution in [3.8, 4) is 5.75 Å². The van der Waals surface area contributed by atoms with Crippen LogP contribution in [0.1, 0.15) is 22.3 Å². The molecule has 2 rings (SSSR count). The Labute approximate surface area is 145 Å². The van der Waals surface area contributed by atoms with Gasteiger partial charge >= 0.3 is 0 Å². The molecule has 23 heavy (non-hydrogen) atoms. The van der Waals surface area contributed by atoms with Gasteiger partial charge in [-0.25, -0.2) is 4.98 Å². The molecule has 4 nitrogen and oxygen atoms in total. The number of aryl methyl sites for hydroxylation is 1. The van der Waals surface area contributed by atoms with Crippen LogP contribution in [0.25, 0.3) is 0 Å². The first kappa shape index (κ1) is 17.6. The van der Waals surface area contributed by atoms with E-state index in [-0.39, 0.29) is 23.7 Å². The van der Waals surface area contributed by atoms with Crippen LogP contribution in [-0.2, 0) is 0 Å². The Hall–Kier alpha value is -1.78. The molecule has 0 fully saturated rings. The number of amides is 1. The molecular formula is C17H17Cl2N2O2. The number of carbonyl (C=O) groups excluding carboxylic acids is 1. The maximum absolute atomic E-state index is 12.3. The van der Waals surface area contributed by atoms with Crippen LogP contribution < -0.4 is 10.1 Å². The van der Waals surface area contributed by atoms with Crippen molar-refractivity contribution in [2.45, 2.75) is 19.4 Å². The highest BCUT2D eigenvalue weighted by Crippen LogP contribution is 2.23. The van der Waals surface area contributed by atoms with Crippen LogP contribution in [0.4, 0.5) is 0 Å². The molecule has 0 saturated heterocycles. The summed E-state index contributed by atoms with van der Waals surface area (Å²) in [5.74, 6) is 0.343. The van der Waals surface area contributed by atoms with Gasteiger partial charge in [-0.2, -0.15) is 0 Å². The van der Waals surface area contributed by atoms with Gasteiger partial charge in [0.2, 0.25) is 0 Å². The molecule has 2 aromatic rings. The number of pyridine rings is 1. The molecule has 0 bridgehead atoms. The Bertz CT molecular complexity index is 692. The summed E-state index contributed by atoms with van der Waals surface area (Å²) in [7, 11) is 0. The van der Waals surface area contributed by atoms with Crippen LogP contribution in [0.15, 0.2) is 36.5 Å². The highest BCUT2D eigenvalue weighted by molar-refractivity contribution is 6.41. The lowest BCUT2D eigenvalue weighted by molar-refractivity contribution is 0.0921. The van der Waals surface area contributed by atoms with Crippen molar-refractivity contribution in [1.29, 1.82) is 0 Å². The maximum Gasteiger partial charge on any atom is 0.251 e. The van der Waals surface area contributed by atoms with Gasteiger partial charge in [0.1, 0.15) is 17.5 Å². The number of halogens is 2. The monoisotopic (exact) mass is 351 g/mol. The van der Waals surface area contributed by atoms with Gasteiger partial charge in [0.05, 0.1) is 17.3 Å². The van der Waals surface area contributed by atoms with Gasteiger partial charge in [-0.3, -0.25) is 4.79 Å². The minimum absolute atomic E-state index is 0.146. The number of ether oxygens (including phenoxy) is 1. The van der Waals surface area contributed by atoms with E-state index in [9.17, 15) is 4.79 Å². The van der Waals surface area contributed by atoms with E-state index in [4.69, 9.17) is 27.9 Å². The second kappa shape index (κ2) is 8.18. The zero-order valence-electron chi connectivity index (χ0n) is 12.7. The van der Waals surface area contributed by atoms with Crippen LogP contribution in [0, 0.1) is 13.8 Å².